The maximum absolute atomic E-state index is 12.0. The van der Waals surface area contributed by atoms with Gasteiger partial charge in [0, 0.05) is 46.1 Å². The molecule has 8 bridgehead atoms. The molecule has 2 aliphatic heterocycles. The van der Waals surface area contributed by atoms with Crippen LogP contribution in [0, 0.1) is 0 Å². The molecule has 21 heteroatoms. The molecule has 0 radical (unpaired) electrons. The summed E-state index contributed by atoms with van der Waals surface area (Å²) in [6.07, 6.45) is 3.12. The van der Waals surface area contributed by atoms with Gasteiger partial charge in [0.1, 0.15) is 50.3 Å². The maximum Gasteiger partial charge on any atom is 2.00 e. The average Bonchev–Trinajstić information content (AvgIpc) is 3.79. The van der Waals surface area contributed by atoms with Crippen LogP contribution in [-0.2, 0) is 41.0 Å². The molecular formula is C30H12N10Na2O6S2Zn. The van der Waals surface area contributed by atoms with Gasteiger partial charge < -0.3 is 43.2 Å². The second kappa shape index (κ2) is 14.2. The van der Waals surface area contributed by atoms with Crippen molar-refractivity contribution in [2.45, 2.75) is 4.90 Å². The molecule has 0 saturated carbocycles. The fraction of sp³-hybridized carbons (Fsp3) is 0. The molecule has 16 nitrogen and oxygen atoms in total. The monoisotopic (exact) mass is 782 g/mol. The fourth-order valence-corrected chi connectivity index (χ4v) is 6.32. The molecule has 0 amide bonds. The molecule has 2 aliphatic rings. The third-order valence-corrected chi connectivity index (χ3v) is 8.77. The van der Waals surface area contributed by atoms with Crippen molar-refractivity contribution in [2.24, 2.45) is 0 Å². The summed E-state index contributed by atoms with van der Waals surface area (Å²) in [6, 6.07) is 15.2. The van der Waals surface area contributed by atoms with E-state index in [4.69, 9.17) is 19.1 Å². The summed E-state index contributed by atoms with van der Waals surface area (Å²) in [6.45, 7) is 0. The van der Waals surface area contributed by atoms with Gasteiger partial charge in [-0.3, -0.25) is 9.97 Å². The van der Waals surface area contributed by atoms with Crippen LogP contribution >= 0.6 is 0 Å². The first-order valence-corrected chi connectivity index (χ1v) is 16.2. The predicted octanol–water partition coefficient (Wildman–Crippen LogP) is -3.00. The molecule has 51 heavy (non-hydrogen) atoms. The van der Waals surface area contributed by atoms with Crippen LogP contribution in [0.25, 0.3) is 89.9 Å². The summed E-state index contributed by atoms with van der Waals surface area (Å²) >= 11 is -2.82. The van der Waals surface area contributed by atoms with E-state index in [1.54, 1.807) is 42.7 Å². The van der Waals surface area contributed by atoms with Gasteiger partial charge in [-0.25, -0.2) is 22.6 Å². The van der Waals surface area contributed by atoms with Crippen LogP contribution in [0.4, 0.5) is 0 Å². The van der Waals surface area contributed by atoms with Crippen molar-refractivity contribution < 1.29 is 105 Å². The third-order valence-electron chi connectivity index (χ3n) is 7.61. The first-order valence-electron chi connectivity index (χ1n) is 13.8. The number of pyridine rings is 2. The molecule has 0 spiro atoms. The van der Waals surface area contributed by atoms with E-state index in [0.717, 1.165) is 0 Å². The molecule has 2 aromatic carbocycles. The van der Waals surface area contributed by atoms with Crippen LogP contribution in [0.2, 0.25) is 0 Å². The molecule has 0 N–H and O–H groups in total. The number of aromatic nitrogens is 10. The Hall–Kier alpha value is -3.46. The van der Waals surface area contributed by atoms with Gasteiger partial charge in [-0.1, -0.05) is 6.07 Å². The largest absolute Gasteiger partial charge is 2.00 e. The van der Waals surface area contributed by atoms with Gasteiger partial charge in [-0.15, -0.1) is 0 Å². The van der Waals surface area contributed by atoms with Crippen molar-refractivity contribution in [3.63, 3.8) is 0 Å². The van der Waals surface area contributed by atoms with Crippen molar-refractivity contribution in [3.05, 3.63) is 73.1 Å². The van der Waals surface area contributed by atoms with Crippen LogP contribution in [-0.4, -0.2) is 61.6 Å². The molecule has 0 saturated heterocycles. The van der Waals surface area contributed by atoms with Crippen molar-refractivity contribution in [1.29, 1.82) is 0 Å². The zero-order valence-corrected chi connectivity index (χ0v) is 35.0. The summed E-state index contributed by atoms with van der Waals surface area (Å²) in [5.41, 5.74) is 2.35. The van der Waals surface area contributed by atoms with Crippen LogP contribution in [0.1, 0.15) is 0 Å². The third kappa shape index (κ3) is 6.57. The van der Waals surface area contributed by atoms with E-state index in [9.17, 15) is 21.7 Å². The minimum Gasteiger partial charge on any atom is -0.744 e. The number of fused-ring (bicyclic) bond motifs is 20. The van der Waals surface area contributed by atoms with E-state index in [1.807, 2.05) is 0 Å². The normalized spacial score (nSPS) is 12.2. The van der Waals surface area contributed by atoms with E-state index in [0.29, 0.717) is 38.7 Å². The molecule has 1 atom stereocenters. The van der Waals surface area contributed by atoms with Crippen LogP contribution in [0.3, 0.4) is 0 Å². The summed E-state index contributed by atoms with van der Waals surface area (Å²) in [5, 5.41) is 1.56. The molecule has 1 unspecified atom stereocenters. The van der Waals surface area contributed by atoms with E-state index >= 15 is 0 Å². The average molecular weight is 784 g/mol. The van der Waals surface area contributed by atoms with E-state index < -0.39 is 26.4 Å². The number of hydrogen-bond donors (Lipinski definition) is 0. The van der Waals surface area contributed by atoms with Crippen molar-refractivity contribution in [2.75, 3.05) is 0 Å². The SMILES string of the molecule is O=S([O-])Oc1ccc2c3nc4nc(nc5[n-]c(nc6nc(nc([n-]3)c2c1)-c1ncccc1-6)c1ccc(S(=O)(=O)[O-])cc51)-c1ncccc1-4.[Na+].[Na+].[Zn+2]. The molecule has 7 aromatic rings. The summed E-state index contributed by atoms with van der Waals surface area (Å²) in [5.74, 6) is 0.717. The quantitative estimate of drug-likeness (QED) is 0.0986. The summed E-state index contributed by atoms with van der Waals surface area (Å²) < 4.78 is 63.4. The molecule has 234 valence electrons. The Kier molecular flexibility index (Phi) is 10.4. The topological polar surface area (TPSA) is 238 Å². The van der Waals surface area contributed by atoms with Crippen LogP contribution in [0.15, 0.2) is 78.0 Å². The Labute approximate surface area is 346 Å². The Morgan fingerprint density at radius 2 is 1.10 bits per heavy atom. The Balaban J connectivity index is 0.00000149. The Morgan fingerprint density at radius 1 is 0.627 bits per heavy atom. The van der Waals surface area contributed by atoms with E-state index in [-0.39, 0.29) is 136 Å². The second-order valence-corrected chi connectivity index (χ2v) is 12.4. The number of nitrogens with zero attached hydrogens (tertiary/aromatic N) is 10. The predicted molar refractivity (Wildman–Crippen MR) is 167 cm³/mol. The molecule has 5 aromatic heterocycles. The zero-order chi connectivity index (χ0) is 32.7. The van der Waals surface area contributed by atoms with Gasteiger partial charge in [0.2, 0.25) is 0 Å². The number of benzene rings is 2. The van der Waals surface area contributed by atoms with Gasteiger partial charge >= 0.3 is 78.6 Å². The molecule has 7 heterocycles. The first-order chi connectivity index (χ1) is 23.2. The molecular weight excluding hydrogens is 772 g/mol. The Bertz CT molecular complexity index is 2870. The second-order valence-electron chi connectivity index (χ2n) is 10.4. The van der Waals surface area contributed by atoms with Gasteiger partial charge in [0.15, 0.2) is 0 Å². The molecule has 9 rings (SSSR count). The van der Waals surface area contributed by atoms with E-state index in [1.165, 1.54) is 30.3 Å². The minimum atomic E-state index is -4.81. The van der Waals surface area contributed by atoms with Gasteiger partial charge in [0.25, 0.3) is 0 Å². The number of hydrogen-bond acceptors (Lipinski definition) is 14. The van der Waals surface area contributed by atoms with E-state index in [2.05, 4.69) is 34.9 Å². The Morgan fingerprint density at radius 3 is 1.61 bits per heavy atom. The molecule has 0 aliphatic carbocycles. The fourth-order valence-electron chi connectivity index (χ4n) is 5.56. The number of rotatable bonds is 3. The summed E-state index contributed by atoms with van der Waals surface area (Å²) in [4.78, 5) is 45.9. The summed E-state index contributed by atoms with van der Waals surface area (Å²) in [7, 11) is -4.81. The smallest absolute Gasteiger partial charge is 0.744 e. The van der Waals surface area contributed by atoms with Gasteiger partial charge in [-0.05, 0) is 76.1 Å². The van der Waals surface area contributed by atoms with Gasteiger partial charge in [0.05, 0.1) is 16.5 Å². The zero-order valence-electron chi connectivity index (χ0n) is 26.4. The van der Waals surface area contributed by atoms with Crippen molar-refractivity contribution in [1.82, 2.24) is 49.8 Å². The van der Waals surface area contributed by atoms with Crippen molar-refractivity contribution in [3.8, 4) is 51.6 Å². The minimum absolute atomic E-state index is 0. The van der Waals surface area contributed by atoms with Gasteiger partial charge in [-0.2, -0.15) is 0 Å². The van der Waals surface area contributed by atoms with Crippen molar-refractivity contribution >= 4 is 65.6 Å². The van der Waals surface area contributed by atoms with Crippen LogP contribution in [0.5, 0.6) is 5.75 Å². The maximum atomic E-state index is 12.0. The van der Waals surface area contributed by atoms with Crippen LogP contribution < -0.4 is 73.3 Å². The standard InChI is InChI=1S/C30H14N10O6S2.2Na.Zn/c41-47(42)46-13-5-7-15-19(11-13)27-35-23(15)33-25-18-4-2-10-32-22(18)30(38-25)40-28-20-12-14(48(43,44)45)6-8-16(20)24(36-28)34-26-17-3-1-9-31-21(17)29(37-26)39-27;;;/h1-12H,(H2-2,33,34,35,36,37,38,39,40,41,42,43,44,45);;;/q-2;2*+1;+2/p-2. The molecule has 0 fully saturated rings. The first kappa shape index (κ1) is 37.3.